The second kappa shape index (κ2) is 10.3. The van der Waals surface area contributed by atoms with E-state index in [0.29, 0.717) is 17.6 Å². The highest BCUT2D eigenvalue weighted by Gasteiger charge is 2.25. The fraction of sp³-hybridized carbons (Fsp3) is 0.429. The average Bonchev–Trinajstić information content (AvgIpc) is 3.44. The van der Waals surface area contributed by atoms with Gasteiger partial charge in [-0.15, -0.1) is 29.9 Å². The molecule has 2 aromatic heterocycles. The molecule has 1 amide bonds. The number of aryl methyl sites for hydroxylation is 1. The Hall–Kier alpha value is -2.42. The lowest BCUT2D eigenvalue weighted by Gasteiger charge is -2.27. The smallest absolute Gasteiger partial charge is 0.278 e. The number of carbonyl (C=O) groups excluding carboxylic acids is 1. The monoisotopic (exact) mass is 463 g/mol. The third-order valence-electron chi connectivity index (χ3n) is 5.97. The first-order chi connectivity index (χ1) is 14.3. The van der Waals surface area contributed by atoms with Crippen LogP contribution in [0.5, 0.6) is 0 Å². The summed E-state index contributed by atoms with van der Waals surface area (Å²) in [5, 5.41) is 19.1. The van der Waals surface area contributed by atoms with Gasteiger partial charge in [0.05, 0.1) is 24.5 Å². The predicted molar refractivity (Wildman–Crippen MR) is 123 cm³/mol. The van der Waals surface area contributed by atoms with Crippen molar-refractivity contribution in [2.75, 3.05) is 18.4 Å². The quantitative estimate of drug-likeness (QED) is 0.618. The Morgan fingerprint density at radius 3 is 2.74 bits per heavy atom. The molecule has 1 aliphatic carbocycles. The fourth-order valence-corrected chi connectivity index (χ4v) is 4.45. The number of halogens is 2. The summed E-state index contributed by atoms with van der Waals surface area (Å²) in [5.74, 6) is 0.434. The van der Waals surface area contributed by atoms with Gasteiger partial charge in [0.2, 0.25) is 0 Å². The lowest BCUT2D eigenvalue weighted by molar-refractivity contribution is 0.102. The Balaban J connectivity index is 0.00000136. The molecule has 1 saturated heterocycles. The maximum absolute atomic E-state index is 12.8. The number of aromatic nitrogens is 5. The maximum Gasteiger partial charge on any atom is 0.278 e. The van der Waals surface area contributed by atoms with Gasteiger partial charge in [0.25, 0.3) is 5.91 Å². The van der Waals surface area contributed by atoms with Crippen LogP contribution >= 0.6 is 24.8 Å². The minimum absolute atomic E-state index is 0. The van der Waals surface area contributed by atoms with Crippen LogP contribution in [0.4, 0.5) is 5.82 Å². The summed E-state index contributed by atoms with van der Waals surface area (Å²) in [6.45, 7) is 1.93. The summed E-state index contributed by atoms with van der Waals surface area (Å²) in [6, 6.07) is 10.8. The molecule has 0 bridgehead atoms. The van der Waals surface area contributed by atoms with Crippen molar-refractivity contribution in [2.24, 2.45) is 0 Å². The molecule has 1 fully saturated rings. The zero-order valence-electron chi connectivity index (χ0n) is 17.1. The topological polar surface area (TPSA) is 89.7 Å². The largest absolute Gasteiger partial charge is 0.317 e. The molecular formula is C21H27Cl2N7O. The Labute approximate surface area is 193 Å². The molecule has 0 saturated carbocycles. The molecule has 8 nitrogen and oxygen atoms in total. The van der Waals surface area contributed by atoms with E-state index in [-0.39, 0.29) is 36.8 Å². The number of amides is 1. The van der Waals surface area contributed by atoms with Crippen molar-refractivity contribution < 1.29 is 4.79 Å². The third-order valence-corrected chi connectivity index (χ3v) is 5.97. The highest BCUT2D eigenvalue weighted by atomic mass is 35.5. The first kappa shape index (κ1) is 23.2. The molecule has 0 radical (unpaired) electrons. The molecule has 1 aliphatic heterocycles. The normalized spacial score (nSPS) is 18.4. The molecular weight excluding hydrogens is 437 g/mol. The van der Waals surface area contributed by atoms with E-state index in [9.17, 15) is 4.79 Å². The second-order valence-electron chi connectivity index (χ2n) is 7.79. The van der Waals surface area contributed by atoms with Crippen LogP contribution in [-0.4, -0.2) is 43.8 Å². The molecule has 3 heterocycles. The van der Waals surface area contributed by atoms with Gasteiger partial charge in [0.15, 0.2) is 5.69 Å². The van der Waals surface area contributed by atoms with E-state index in [1.165, 1.54) is 11.1 Å². The standard InChI is InChI=1S/C21H25N7O.2ClH/c29-21(18-14-27(26-25-18)16-8-11-22-12-9-16)24-20-10-13-23-28(20)19-7-3-5-15-4-1-2-6-17(15)19;;/h1-2,4,6,10,13-14,16,19,22H,3,5,7-9,11-12H2,(H,24,29);2*1H. The van der Waals surface area contributed by atoms with Crippen molar-refractivity contribution in [1.29, 1.82) is 0 Å². The van der Waals surface area contributed by atoms with Gasteiger partial charge in [0, 0.05) is 6.07 Å². The van der Waals surface area contributed by atoms with Crippen molar-refractivity contribution in [3.05, 3.63) is 59.5 Å². The Bertz CT molecular complexity index is 1010. The average molecular weight is 464 g/mol. The van der Waals surface area contributed by atoms with Gasteiger partial charge in [-0.05, 0) is 56.3 Å². The fourth-order valence-electron chi connectivity index (χ4n) is 4.45. The number of fused-ring (bicyclic) bond motifs is 1. The highest BCUT2D eigenvalue weighted by molar-refractivity contribution is 6.02. The molecule has 1 aromatic carbocycles. The number of nitrogens with zero attached hydrogens (tertiary/aromatic N) is 5. The molecule has 166 valence electrons. The minimum Gasteiger partial charge on any atom is -0.317 e. The number of benzene rings is 1. The van der Waals surface area contributed by atoms with Crippen LogP contribution in [0.15, 0.2) is 42.7 Å². The molecule has 1 atom stereocenters. The Morgan fingerprint density at radius 2 is 1.90 bits per heavy atom. The van der Waals surface area contributed by atoms with Crippen LogP contribution in [0.1, 0.15) is 59.4 Å². The molecule has 10 heteroatoms. The summed E-state index contributed by atoms with van der Waals surface area (Å²) >= 11 is 0. The number of piperidine rings is 1. The van der Waals surface area contributed by atoms with E-state index in [0.717, 1.165) is 45.2 Å². The number of hydrogen-bond acceptors (Lipinski definition) is 5. The zero-order chi connectivity index (χ0) is 19.6. The summed E-state index contributed by atoms with van der Waals surface area (Å²) in [6.07, 6.45) is 8.69. The molecule has 1 unspecified atom stereocenters. The summed E-state index contributed by atoms with van der Waals surface area (Å²) in [5.41, 5.74) is 2.98. The van der Waals surface area contributed by atoms with E-state index < -0.39 is 0 Å². The van der Waals surface area contributed by atoms with E-state index >= 15 is 0 Å². The predicted octanol–water partition coefficient (Wildman–Crippen LogP) is 3.42. The van der Waals surface area contributed by atoms with Gasteiger partial charge in [-0.3, -0.25) is 4.79 Å². The minimum atomic E-state index is -0.254. The van der Waals surface area contributed by atoms with Gasteiger partial charge in [-0.2, -0.15) is 5.10 Å². The molecule has 5 rings (SSSR count). The molecule has 3 aromatic rings. The van der Waals surface area contributed by atoms with Crippen LogP contribution < -0.4 is 10.6 Å². The van der Waals surface area contributed by atoms with Crippen LogP contribution in [-0.2, 0) is 6.42 Å². The maximum atomic E-state index is 12.8. The molecule has 31 heavy (non-hydrogen) atoms. The van der Waals surface area contributed by atoms with Crippen LogP contribution in [0.3, 0.4) is 0 Å². The van der Waals surface area contributed by atoms with Gasteiger partial charge in [-0.25, -0.2) is 9.36 Å². The van der Waals surface area contributed by atoms with Gasteiger partial charge in [0.1, 0.15) is 5.82 Å². The summed E-state index contributed by atoms with van der Waals surface area (Å²) in [7, 11) is 0. The summed E-state index contributed by atoms with van der Waals surface area (Å²) in [4.78, 5) is 12.8. The number of hydrogen-bond donors (Lipinski definition) is 2. The molecule has 2 aliphatic rings. The van der Waals surface area contributed by atoms with Crippen molar-refractivity contribution in [3.8, 4) is 0 Å². The third kappa shape index (κ3) is 4.76. The van der Waals surface area contributed by atoms with Crippen molar-refractivity contribution in [1.82, 2.24) is 30.1 Å². The van der Waals surface area contributed by atoms with Crippen molar-refractivity contribution in [3.63, 3.8) is 0 Å². The van der Waals surface area contributed by atoms with Gasteiger partial charge >= 0.3 is 0 Å². The molecule has 0 spiro atoms. The Kier molecular flexibility index (Phi) is 7.69. The molecule has 2 N–H and O–H groups in total. The summed E-state index contributed by atoms with van der Waals surface area (Å²) < 4.78 is 3.75. The zero-order valence-corrected chi connectivity index (χ0v) is 18.7. The van der Waals surface area contributed by atoms with E-state index in [4.69, 9.17) is 0 Å². The van der Waals surface area contributed by atoms with Crippen molar-refractivity contribution >= 4 is 36.5 Å². The lowest BCUT2D eigenvalue weighted by Crippen LogP contribution is -2.29. The van der Waals surface area contributed by atoms with Crippen molar-refractivity contribution in [2.45, 2.75) is 44.2 Å². The Morgan fingerprint density at radius 1 is 1.10 bits per heavy atom. The number of carbonyl (C=O) groups is 1. The SMILES string of the molecule is Cl.Cl.O=C(Nc1ccnn1C1CCCc2ccccc21)c1cn(C2CCNCC2)nn1. The van der Waals surface area contributed by atoms with E-state index in [1.54, 1.807) is 12.4 Å². The van der Waals surface area contributed by atoms with Crippen LogP contribution in [0.25, 0.3) is 0 Å². The number of rotatable bonds is 4. The van der Waals surface area contributed by atoms with E-state index in [1.807, 2.05) is 15.4 Å². The number of nitrogens with one attached hydrogen (secondary N) is 2. The first-order valence-electron chi connectivity index (χ1n) is 10.3. The number of anilines is 1. The van der Waals surface area contributed by atoms with E-state index in [2.05, 4.69) is 50.3 Å². The van der Waals surface area contributed by atoms with Gasteiger partial charge < -0.3 is 10.6 Å². The highest BCUT2D eigenvalue weighted by Crippen LogP contribution is 2.34. The van der Waals surface area contributed by atoms with Crippen LogP contribution in [0.2, 0.25) is 0 Å². The van der Waals surface area contributed by atoms with Gasteiger partial charge in [-0.1, -0.05) is 29.5 Å². The first-order valence-corrected chi connectivity index (χ1v) is 10.3. The second-order valence-corrected chi connectivity index (χ2v) is 7.79. The van der Waals surface area contributed by atoms with Crippen LogP contribution in [0, 0.1) is 0 Å². The lowest BCUT2D eigenvalue weighted by atomic mass is 9.88.